The smallest absolute Gasteiger partial charge is 0.261 e. The predicted molar refractivity (Wildman–Crippen MR) is 105 cm³/mol. The van der Waals surface area contributed by atoms with Crippen molar-refractivity contribution in [2.75, 3.05) is 5.32 Å². The van der Waals surface area contributed by atoms with Crippen LogP contribution in [0, 0.1) is 6.92 Å². The molecular formula is C20H23BrN2O2. The number of anilines is 1. The van der Waals surface area contributed by atoms with Crippen LogP contribution in [0.25, 0.3) is 0 Å². The molecule has 25 heavy (non-hydrogen) atoms. The lowest BCUT2D eigenvalue weighted by Gasteiger charge is -2.17. The van der Waals surface area contributed by atoms with Crippen LogP contribution in [0.15, 0.2) is 27.5 Å². The number of nitrogens with zero attached hydrogens (tertiary/aromatic N) is 1. The first-order valence-electron chi connectivity index (χ1n) is 8.83. The Bertz CT molecular complexity index is 877. The molecule has 2 heterocycles. The minimum absolute atomic E-state index is 0.213. The Balaban J connectivity index is 2.09. The zero-order chi connectivity index (χ0) is 18.1. The largest absolute Gasteiger partial charge is 0.347 e. The van der Waals surface area contributed by atoms with Crippen molar-refractivity contribution in [1.29, 1.82) is 0 Å². The van der Waals surface area contributed by atoms with E-state index in [0.29, 0.717) is 4.47 Å². The summed E-state index contributed by atoms with van der Waals surface area (Å²) in [6.07, 6.45) is 3.39. The summed E-state index contributed by atoms with van der Waals surface area (Å²) in [5.41, 5.74) is 4.86. The lowest BCUT2D eigenvalue weighted by atomic mass is 10.0. The fraction of sp³-hybridized carbons (Fsp3) is 0.400. The molecule has 0 spiro atoms. The van der Waals surface area contributed by atoms with Crippen molar-refractivity contribution in [3.05, 3.63) is 61.0 Å². The third-order valence-corrected chi connectivity index (χ3v) is 5.96. The van der Waals surface area contributed by atoms with E-state index in [0.717, 1.165) is 60.4 Å². The molecule has 0 aliphatic carbocycles. The molecule has 0 unspecified atom stereocenters. The fourth-order valence-corrected chi connectivity index (χ4v) is 4.05. The first-order chi connectivity index (χ1) is 12.0. The molecule has 0 saturated heterocycles. The van der Waals surface area contributed by atoms with Gasteiger partial charge in [0.15, 0.2) is 0 Å². The second kappa shape index (κ2) is 7.16. The van der Waals surface area contributed by atoms with Crippen LogP contribution in [-0.4, -0.2) is 10.5 Å². The monoisotopic (exact) mass is 402 g/mol. The Morgan fingerprint density at radius 2 is 1.88 bits per heavy atom. The van der Waals surface area contributed by atoms with Crippen molar-refractivity contribution in [3.8, 4) is 0 Å². The zero-order valence-electron chi connectivity index (χ0n) is 14.9. The van der Waals surface area contributed by atoms with Gasteiger partial charge in [-0.1, -0.05) is 32.0 Å². The highest BCUT2D eigenvalue weighted by Crippen LogP contribution is 2.26. The molecule has 1 aromatic carbocycles. The Kier molecular flexibility index (Phi) is 5.13. The topological polar surface area (TPSA) is 51.1 Å². The molecule has 1 amide bonds. The summed E-state index contributed by atoms with van der Waals surface area (Å²) >= 11 is 3.38. The van der Waals surface area contributed by atoms with Gasteiger partial charge in [0.1, 0.15) is 5.56 Å². The van der Waals surface area contributed by atoms with Crippen LogP contribution < -0.4 is 10.7 Å². The number of pyridine rings is 1. The summed E-state index contributed by atoms with van der Waals surface area (Å²) in [6, 6.07) is 6.07. The number of carbonyl (C=O) groups is 1. The lowest BCUT2D eigenvalue weighted by molar-refractivity contribution is 0.102. The number of hydrogen-bond acceptors (Lipinski definition) is 2. The molecule has 1 aromatic heterocycles. The zero-order valence-corrected chi connectivity index (χ0v) is 16.5. The van der Waals surface area contributed by atoms with Crippen molar-refractivity contribution in [1.82, 2.24) is 4.57 Å². The van der Waals surface area contributed by atoms with Gasteiger partial charge >= 0.3 is 0 Å². The molecule has 0 saturated carbocycles. The van der Waals surface area contributed by atoms with E-state index in [1.54, 1.807) is 0 Å². The number of aryl methyl sites for hydroxylation is 2. The molecule has 132 valence electrons. The van der Waals surface area contributed by atoms with E-state index in [1.807, 2.05) is 25.1 Å². The highest BCUT2D eigenvalue weighted by Gasteiger charge is 2.26. The van der Waals surface area contributed by atoms with E-state index in [1.165, 1.54) is 0 Å². The highest BCUT2D eigenvalue weighted by atomic mass is 79.9. The molecular weight excluding hydrogens is 380 g/mol. The van der Waals surface area contributed by atoms with Gasteiger partial charge in [-0.2, -0.15) is 0 Å². The number of rotatable bonds is 4. The second-order valence-corrected chi connectivity index (χ2v) is 7.21. The van der Waals surface area contributed by atoms with Crippen LogP contribution in [0.5, 0.6) is 0 Å². The van der Waals surface area contributed by atoms with E-state index in [4.69, 9.17) is 0 Å². The number of para-hydroxylation sites is 1. The van der Waals surface area contributed by atoms with Gasteiger partial charge in [-0.3, -0.25) is 9.59 Å². The summed E-state index contributed by atoms with van der Waals surface area (Å²) in [5.74, 6) is -0.299. The van der Waals surface area contributed by atoms with Crippen LogP contribution in [0.1, 0.15) is 53.1 Å². The third-order valence-electron chi connectivity index (χ3n) is 5.02. The molecule has 4 nitrogen and oxygen atoms in total. The van der Waals surface area contributed by atoms with Gasteiger partial charge in [-0.05, 0) is 59.7 Å². The van der Waals surface area contributed by atoms with Crippen LogP contribution in [0.2, 0.25) is 0 Å². The summed E-state index contributed by atoms with van der Waals surface area (Å²) in [5, 5.41) is 3.04. The summed E-state index contributed by atoms with van der Waals surface area (Å²) in [7, 11) is 0. The predicted octanol–water partition coefficient (Wildman–Crippen LogP) is 4.24. The van der Waals surface area contributed by atoms with Gasteiger partial charge in [0.25, 0.3) is 5.91 Å². The van der Waals surface area contributed by atoms with Gasteiger partial charge in [0, 0.05) is 23.6 Å². The summed E-state index contributed by atoms with van der Waals surface area (Å²) in [4.78, 5) is 25.8. The van der Waals surface area contributed by atoms with Gasteiger partial charge in [-0.15, -0.1) is 0 Å². The highest BCUT2D eigenvalue weighted by molar-refractivity contribution is 9.10. The molecule has 1 N–H and O–H groups in total. The van der Waals surface area contributed by atoms with Crippen molar-refractivity contribution >= 4 is 27.5 Å². The number of hydrogen-bond donors (Lipinski definition) is 1. The Morgan fingerprint density at radius 3 is 2.48 bits per heavy atom. The minimum Gasteiger partial charge on any atom is -0.347 e. The normalized spacial score (nSPS) is 13.0. The molecule has 5 heteroatoms. The van der Waals surface area contributed by atoms with Crippen molar-refractivity contribution < 1.29 is 4.79 Å². The minimum atomic E-state index is -0.299. The van der Waals surface area contributed by atoms with E-state index in [-0.39, 0.29) is 16.9 Å². The molecule has 0 fully saturated rings. The average Bonchev–Trinajstić information content (AvgIpc) is 3.09. The van der Waals surface area contributed by atoms with Crippen molar-refractivity contribution in [3.63, 3.8) is 0 Å². The van der Waals surface area contributed by atoms with Crippen LogP contribution in [-0.2, 0) is 25.8 Å². The van der Waals surface area contributed by atoms with E-state index in [2.05, 4.69) is 39.7 Å². The SMILES string of the molecule is CCc1cccc(CC)c1NC(=O)c1c2n(c(C)c(Br)c1=O)CCC2. The first-order valence-corrected chi connectivity index (χ1v) is 9.62. The van der Waals surface area contributed by atoms with Crippen molar-refractivity contribution in [2.24, 2.45) is 0 Å². The quantitative estimate of drug-likeness (QED) is 0.830. The number of fused-ring (bicyclic) bond motifs is 1. The molecule has 3 rings (SSSR count). The number of amides is 1. The van der Waals surface area contributed by atoms with Crippen molar-refractivity contribution in [2.45, 2.75) is 53.0 Å². The fourth-order valence-electron chi connectivity index (χ4n) is 3.64. The molecule has 1 aliphatic heterocycles. The molecule has 2 aromatic rings. The number of benzene rings is 1. The summed E-state index contributed by atoms with van der Waals surface area (Å²) in [6.45, 7) is 6.91. The molecule has 0 radical (unpaired) electrons. The first kappa shape index (κ1) is 17.9. The maximum Gasteiger partial charge on any atom is 0.261 e. The van der Waals surface area contributed by atoms with Crippen LogP contribution in [0.4, 0.5) is 5.69 Å². The van der Waals surface area contributed by atoms with Crippen LogP contribution in [0.3, 0.4) is 0 Å². The number of aromatic nitrogens is 1. The lowest BCUT2D eigenvalue weighted by Crippen LogP contribution is -2.28. The third kappa shape index (κ3) is 3.06. The molecule has 0 atom stereocenters. The Morgan fingerprint density at radius 1 is 1.24 bits per heavy atom. The number of carbonyl (C=O) groups excluding carboxylic acids is 1. The maximum absolute atomic E-state index is 13.0. The van der Waals surface area contributed by atoms with Gasteiger partial charge in [0.2, 0.25) is 5.43 Å². The van der Waals surface area contributed by atoms with E-state index < -0.39 is 0 Å². The standard InChI is InChI=1S/C20H23BrN2O2/c1-4-13-8-6-9-14(5-2)18(13)22-20(25)16-15-10-7-11-23(15)12(3)17(21)19(16)24/h6,8-9H,4-5,7,10-11H2,1-3H3,(H,22,25). The van der Waals surface area contributed by atoms with Gasteiger partial charge < -0.3 is 9.88 Å². The molecule has 0 bridgehead atoms. The number of nitrogens with one attached hydrogen (secondary N) is 1. The maximum atomic E-state index is 13.0. The van der Waals surface area contributed by atoms with Gasteiger partial charge in [-0.25, -0.2) is 0 Å². The van der Waals surface area contributed by atoms with E-state index in [9.17, 15) is 9.59 Å². The Hall–Kier alpha value is -1.88. The average molecular weight is 403 g/mol. The van der Waals surface area contributed by atoms with Gasteiger partial charge in [0.05, 0.1) is 4.47 Å². The second-order valence-electron chi connectivity index (χ2n) is 6.42. The van der Waals surface area contributed by atoms with Crippen LogP contribution >= 0.6 is 15.9 Å². The van der Waals surface area contributed by atoms with E-state index >= 15 is 0 Å². The Labute approximate surface area is 156 Å². The summed E-state index contributed by atoms with van der Waals surface area (Å²) < 4.78 is 2.58. The molecule has 1 aliphatic rings. The number of halogens is 1.